The highest BCUT2D eigenvalue weighted by Gasteiger charge is 2.27. The summed E-state index contributed by atoms with van der Waals surface area (Å²) in [6, 6.07) is 0. The molecule has 84 valence electrons. The Morgan fingerprint density at radius 2 is 2.00 bits per heavy atom. The molecule has 1 saturated heterocycles. The lowest BCUT2D eigenvalue weighted by Crippen LogP contribution is -2.34. The van der Waals surface area contributed by atoms with Gasteiger partial charge in [0.1, 0.15) is 10.1 Å². The van der Waals surface area contributed by atoms with E-state index >= 15 is 0 Å². The number of carbonyl (C=O) groups excluding carboxylic acids is 1. The molecule has 15 heavy (non-hydrogen) atoms. The Kier molecular flexibility index (Phi) is 4.03. The molecule has 0 spiro atoms. The normalized spacial score (nSPS) is 27.1. The van der Waals surface area contributed by atoms with E-state index in [1.54, 1.807) is 11.8 Å². The molecular formula is C11H17NOS2. The third-order valence-corrected chi connectivity index (χ3v) is 4.90. The van der Waals surface area contributed by atoms with E-state index in [-0.39, 0.29) is 5.25 Å². The number of nitrogens with zero attached hydrogens (tertiary/aromatic N) is 1. The Morgan fingerprint density at radius 1 is 1.27 bits per heavy atom. The zero-order chi connectivity index (χ0) is 10.7. The summed E-state index contributed by atoms with van der Waals surface area (Å²) in [7, 11) is 0. The zero-order valence-corrected chi connectivity index (χ0v) is 10.5. The van der Waals surface area contributed by atoms with Crippen LogP contribution in [0.25, 0.3) is 0 Å². The van der Waals surface area contributed by atoms with Crippen molar-refractivity contribution in [2.45, 2.75) is 43.8 Å². The Bertz CT molecular complexity index is 261. The molecule has 2 nitrogen and oxygen atoms in total. The summed E-state index contributed by atoms with van der Waals surface area (Å²) in [4.78, 5) is 13.8. The number of Topliss-reactive ketones (excluding diaryl/α,β-unsaturated/α-hetero) is 1. The summed E-state index contributed by atoms with van der Waals surface area (Å²) in [5, 5.41) is 0.166. The second-order valence-electron chi connectivity index (χ2n) is 4.28. The van der Waals surface area contributed by atoms with Gasteiger partial charge in [-0.25, -0.2) is 0 Å². The van der Waals surface area contributed by atoms with Gasteiger partial charge < -0.3 is 4.90 Å². The Hall–Kier alpha value is -0.0900. The van der Waals surface area contributed by atoms with Gasteiger partial charge in [0.2, 0.25) is 0 Å². The highest BCUT2D eigenvalue weighted by Crippen LogP contribution is 2.29. The van der Waals surface area contributed by atoms with Crippen molar-refractivity contribution in [3.8, 4) is 0 Å². The van der Waals surface area contributed by atoms with Crippen LogP contribution in [0.15, 0.2) is 0 Å². The average molecular weight is 243 g/mol. The molecule has 0 radical (unpaired) electrons. The molecule has 1 aliphatic heterocycles. The van der Waals surface area contributed by atoms with Crippen LogP contribution in [0.4, 0.5) is 0 Å². The first-order valence-electron chi connectivity index (χ1n) is 5.75. The number of carbonyl (C=O) groups is 1. The summed E-state index contributed by atoms with van der Waals surface area (Å²) in [6.45, 7) is 2.18. The third kappa shape index (κ3) is 2.94. The van der Waals surface area contributed by atoms with Crippen LogP contribution in [-0.4, -0.2) is 33.3 Å². The maximum absolute atomic E-state index is 11.5. The Labute approximate surface area is 101 Å². The number of likely N-dealkylation sites (tertiary alicyclic amines) is 1. The molecule has 1 atom stereocenters. The van der Waals surface area contributed by atoms with Gasteiger partial charge in [-0.2, -0.15) is 0 Å². The van der Waals surface area contributed by atoms with Crippen LogP contribution in [-0.2, 0) is 4.79 Å². The standard InChI is InChI=1S/C11H17NOS2/c13-9-5-4-6-10(9)15-11(14)12-7-2-1-3-8-12/h10H,1-8H2/t10-/m0/s1. The van der Waals surface area contributed by atoms with Gasteiger partial charge in [-0.3, -0.25) is 4.79 Å². The van der Waals surface area contributed by atoms with Crippen molar-refractivity contribution < 1.29 is 4.79 Å². The zero-order valence-electron chi connectivity index (χ0n) is 8.91. The van der Waals surface area contributed by atoms with Crippen LogP contribution in [0.2, 0.25) is 0 Å². The lowest BCUT2D eigenvalue weighted by atomic mass is 10.1. The van der Waals surface area contributed by atoms with E-state index in [9.17, 15) is 4.79 Å². The molecule has 0 N–H and O–H groups in total. The molecule has 1 heterocycles. The predicted molar refractivity (Wildman–Crippen MR) is 68.3 cm³/mol. The molecule has 0 aromatic heterocycles. The van der Waals surface area contributed by atoms with Crippen LogP contribution in [0.3, 0.4) is 0 Å². The quantitative estimate of drug-likeness (QED) is 0.659. The van der Waals surface area contributed by atoms with Crippen LogP contribution in [0, 0.1) is 0 Å². The topological polar surface area (TPSA) is 20.3 Å². The first-order valence-corrected chi connectivity index (χ1v) is 7.04. The van der Waals surface area contributed by atoms with Crippen molar-refractivity contribution in [3.63, 3.8) is 0 Å². The predicted octanol–water partition coefficient (Wildman–Crippen LogP) is 2.61. The second-order valence-corrected chi connectivity index (χ2v) is 6.12. The summed E-state index contributed by atoms with van der Waals surface area (Å²) in [5.74, 6) is 0.402. The number of hydrogen-bond donors (Lipinski definition) is 0. The van der Waals surface area contributed by atoms with Gasteiger partial charge in [-0.15, -0.1) is 0 Å². The van der Waals surface area contributed by atoms with E-state index in [4.69, 9.17) is 12.2 Å². The average Bonchev–Trinajstić information content (AvgIpc) is 2.66. The number of rotatable bonds is 1. The third-order valence-electron chi connectivity index (χ3n) is 3.11. The van der Waals surface area contributed by atoms with Gasteiger partial charge >= 0.3 is 0 Å². The van der Waals surface area contributed by atoms with Gasteiger partial charge in [-0.05, 0) is 32.1 Å². The molecule has 2 aliphatic rings. The lowest BCUT2D eigenvalue weighted by Gasteiger charge is -2.29. The molecule has 2 fully saturated rings. The van der Waals surface area contributed by atoms with E-state index < -0.39 is 0 Å². The molecular weight excluding hydrogens is 226 g/mol. The second kappa shape index (κ2) is 5.30. The van der Waals surface area contributed by atoms with Crippen molar-refractivity contribution in [2.75, 3.05) is 13.1 Å². The summed E-state index contributed by atoms with van der Waals surface area (Å²) < 4.78 is 0.954. The fourth-order valence-corrected chi connectivity index (χ4v) is 3.82. The van der Waals surface area contributed by atoms with E-state index in [1.807, 2.05) is 0 Å². The van der Waals surface area contributed by atoms with E-state index in [0.29, 0.717) is 5.78 Å². The fraction of sp³-hybridized carbons (Fsp3) is 0.818. The van der Waals surface area contributed by atoms with Gasteiger partial charge in [0.25, 0.3) is 0 Å². The summed E-state index contributed by atoms with van der Waals surface area (Å²) in [5.41, 5.74) is 0. The molecule has 0 bridgehead atoms. The van der Waals surface area contributed by atoms with Gasteiger partial charge in [0.15, 0.2) is 0 Å². The highest BCUT2D eigenvalue weighted by molar-refractivity contribution is 8.23. The number of thiocarbonyl (C=S) groups is 1. The molecule has 0 aromatic rings. The minimum absolute atomic E-state index is 0.166. The smallest absolute Gasteiger partial charge is 0.146 e. The van der Waals surface area contributed by atoms with E-state index in [0.717, 1.165) is 36.7 Å². The van der Waals surface area contributed by atoms with E-state index in [1.165, 1.54) is 19.3 Å². The highest BCUT2D eigenvalue weighted by atomic mass is 32.2. The van der Waals surface area contributed by atoms with Crippen molar-refractivity contribution in [1.29, 1.82) is 0 Å². The lowest BCUT2D eigenvalue weighted by molar-refractivity contribution is -0.116. The molecule has 0 amide bonds. The summed E-state index contributed by atoms with van der Waals surface area (Å²) in [6.07, 6.45) is 6.67. The monoisotopic (exact) mass is 243 g/mol. The van der Waals surface area contributed by atoms with Crippen molar-refractivity contribution >= 4 is 34.1 Å². The number of hydrogen-bond acceptors (Lipinski definition) is 3. The molecule has 4 heteroatoms. The van der Waals surface area contributed by atoms with Crippen LogP contribution < -0.4 is 0 Å². The molecule has 0 aromatic carbocycles. The maximum Gasteiger partial charge on any atom is 0.146 e. The van der Waals surface area contributed by atoms with Crippen LogP contribution >= 0.6 is 24.0 Å². The van der Waals surface area contributed by atoms with Crippen LogP contribution in [0.5, 0.6) is 0 Å². The van der Waals surface area contributed by atoms with Crippen molar-refractivity contribution in [1.82, 2.24) is 4.90 Å². The van der Waals surface area contributed by atoms with Crippen molar-refractivity contribution in [2.24, 2.45) is 0 Å². The SMILES string of the molecule is O=C1CCC[C@@H]1SC(=S)N1CCCCC1. The minimum Gasteiger partial charge on any atom is -0.358 e. The number of ketones is 1. The molecule has 1 saturated carbocycles. The minimum atomic E-state index is 0.166. The maximum atomic E-state index is 11.5. The van der Waals surface area contributed by atoms with Gasteiger partial charge in [0, 0.05) is 19.5 Å². The Balaban J connectivity index is 1.82. The van der Waals surface area contributed by atoms with Gasteiger partial charge in [0.05, 0.1) is 5.25 Å². The molecule has 0 unspecified atom stereocenters. The largest absolute Gasteiger partial charge is 0.358 e. The molecule has 1 aliphatic carbocycles. The van der Waals surface area contributed by atoms with Gasteiger partial charge in [-0.1, -0.05) is 24.0 Å². The van der Waals surface area contributed by atoms with Crippen molar-refractivity contribution in [3.05, 3.63) is 0 Å². The van der Waals surface area contributed by atoms with E-state index in [2.05, 4.69) is 4.90 Å². The van der Waals surface area contributed by atoms with Crippen LogP contribution in [0.1, 0.15) is 38.5 Å². The number of thioether (sulfide) groups is 1. The number of piperidine rings is 1. The summed E-state index contributed by atoms with van der Waals surface area (Å²) >= 11 is 7.03. The molecule has 2 rings (SSSR count). The first-order chi connectivity index (χ1) is 7.27. The first kappa shape index (κ1) is 11.4. The Morgan fingerprint density at radius 3 is 2.60 bits per heavy atom. The fourth-order valence-electron chi connectivity index (χ4n) is 2.18.